The zero-order valence-corrected chi connectivity index (χ0v) is 19.6. The molecule has 0 bridgehead atoms. The van der Waals surface area contributed by atoms with Gasteiger partial charge in [0.05, 0.1) is 29.4 Å². The first kappa shape index (κ1) is 21.2. The number of pyridine rings is 1. The van der Waals surface area contributed by atoms with E-state index in [0.717, 1.165) is 31.4 Å². The predicted molar refractivity (Wildman–Crippen MR) is 128 cm³/mol. The summed E-state index contributed by atoms with van der Waals surface area (Å²) < 4.78 is 5.88. The molecule has 2 aromatic heterocycles. The van der Waals surface area contributed by atoms with Crippen LogP contribution in [0.3, 0.4) is 0 Å². The minimum atomic E-state index is -0.465. The minimum Gasteiger partial charge on any atom is -0.465 e. The molecular formula is C24H19BrN2O3S. The number of methoxy groups -OCH3 is 1. The second kappa shape index (κ2) is 8.61. The molecule has 2 aromatic carbocycles. The van der Waals surface area contributed by atoms with Crippen LogP contribution in [-0.4, -0.2) is 24.0 Å². The number of benzene rings is 2. The van der Waals surface area contributed by atoms with Crippen LogP contribution in [0.5, 0.6) is 0 Å². The number of hydrogen-bond donors (Lipinski definition) is 1. The van der Waals surface area contributed by atoms with Crippen LogP contribution in [0.4, 0.5) is 5.00 Å². The highest BCUT2D eigenvalue weighted by Gasteiger charge is 2.23. The standard InChI is InChI=1S/C24H19BrN2O3S/c1-13-14(2)31-23(21(13)24(29)30-3)27-22(28)18-12-20(15-8-10-16(25)11-9-15)26-19-7-5-4-6-17(18)19/h4-12H,1-3H3,(H,27,28). The summed E-state index contributed by atoms with van der Waals surface area (Å²) in [6.45, 7) is 3.76. The van der Waals surface area contributed by atoms with Crippen molar-refractivity contribution >= 4 is 55.0 Å². The van der Waals surface area contributed by atoms with E-state index in [-0.39, 0.29) is 5.91 Å². The summed E-state index contributed by atoms with van der Waals surface area (Å²) in [4.78, 5) is 31.3. The van der Waals surface area contributed by atoms with E-state index in [4.69, 9.17) is 9.72 Å². The highest BCUT2D eigenvalue weighted by Crippen LogP contribution is 2.34. The van der Waals surface area contributed by atoms with Crippen LogP contribution in [0.25, 0.3) is 22.2 Å². The molecule has 0 aliphatic carbocycles. The molecule has 1 N–H and O–H groups in total. The number of hydrogen-bond acceptors (Lipinski definition) is 5. The van der Waals surface area contributed by atoms with Gasteiger partial charge in [0.25, 0.3) is 5.91 Å². The number of anilines is 1. The van der Waals surface area contributed by atoms with Crippen molar-refractivity contribution in [2.24, 2.45) is 0 Å². The Labute approximate surface area is 192 Å². The summed E-state index contributed by atoms with van der Waals surface area (Å²) in [5.74, 6) is -0.768. The molecule has 0 atom stereocenters. The number of nitrogens with zero attached hydrogens (tertiary/aromatic N) is 1. The van der Waals surface area contributed by atoms with Crippen LogP contribution in [0.15, 0.2) is 59.1 Å². The number of thiophene rings is 1. The van der Waals surface area contributed by atoms with E-state index < -0.39 is 5.97 Å². The zero-order valence-electron chi connectivity index (χ0n) is 17.2. The van der Waals surface area contributed by atoms with Gasteiger partial charge in [0.1, 0.15) is 5.00 Å². The van der Waals surface area contributed by atoms with Gasteiger partial charge in [-0.15, -0.1) is 11.3 Å². The number of ether oxygens (including phenoxy) is 1. The Bertz CT molecular complexity index is 1310. The Morgan fingerprint density at radius 2 is 1.77 bits per heavy atom. The Hall–Kier alpha value is -3.03. The maximum atomic E-state index is 13.4. The highest BCUT2D eigenvalue weighted by molar-refractivity contribution is 9.10. The van der Waals surface area contributed by atoms with E-state index in [1.807, 2.05) is 62.4 Å². The average molecular weight is 495 g/mol. The SMILES string of the molecule is COC(=O)c1c(NC(=O)c2cc(-c3ccc(Br)cc3)nc3ccccc23)sc(C)c1C. The van der Waals surface area contributed by atoms with Gasteiger partial charge in [-0.1, -0.05) is 46.3 Å². The highest BCUT2D eigenvalue weighted by atomic mass is 79.9. The molecule has 31 heavy (non-hydrogen) atoms. The van der Waals surface area contributed by atoms with Crippen molar-refractivity contribution < 1.29 is 14.3 Å². The normalized spacial score (nSPS) is 10.8. The number of para-hydroxylation sites is 1. The molecule has 0 radical (unpaired) electrons. The Balaban J connectivity index is 1.81. The smallest absolute Gasteiger partial charge is 0.341 e. The van der Waals surface area contributed by atoms with Crippen LogP contribution in [-0.2, 0) is 4.74 Å². The topological polar surface area (TPSA) is 68.3 Å². The van der Waals surface area contributed by atoms with Gasteiger partial charge in [0, 0.05) is 20.3 Å². The molecule has 0 saturated heterocycles. The average Bonchev–Trinajstić information content (AvgIpc) is 3.05. The first-order chi connectivity index (χ1) is 14.9. The van der Waals surface area contributed by atoms with E-state index in [1.54, 1.807) is 6.07 Å². The van der Waals surface area contributed by atoms with Gasteiger partial charge in [0.2, 0.25) is 0 Å². The minimum absolute atomic E-state index is 0.302. The van der Waals surface area contributed by atoms with Crippen molar-refractivity contribution in [2.75, 3.05) is 12.4 Å². The summed E-state index contributed by atoms with van der Waals surface area (Å²) in [5.41, 5.74) is 4.01. The largest absolute Gasteiger partial charge is 0.465 e. The molecular weight excluding hydrogens is 476 g/mol. The van der Waals surface area contributed by atoms with Gasteiger partial charge in [-0.3, -0.25) is 4.79 Å². The molecule has 1 amide bonds. The number of aryl methyl sites for hydroxylation is 1. The van der Waals surface area contributed by atoms with Crippen molar-refractivity contribution in [1.29, 1.82) is 0 Å². The second-order valence-electron chi connectivity index (χ2n) is 7.01. The molecule has 0 spiro atoms. The molecule has 7 heteroatoms. The van der Waals surface area contributed by atoms with Gasteiger partial charge in [0.15, 0.2) is 0 Å². The van der Waals surface area contributed by atoms with E-state index in [9.17, 15) is 9.59 Å². The predicted octanol–water partition coefficient (Wildman–Crippen LogP) is 6.38. The molecule has 5 nitrogen and oxygen atoms in total. The third-order valence-electron chi connectivity index (χ3n) is 5.10. The molecule has 4 aromatic rings. The lowest BCUT2D eigenvalue weighted by Gasteiger charge is -2.11. The Morgan fingerprint density at radius 3 is 2.48 bits per heavy atom. The summed E-state index contributed by atoms with van der Waals surface area (Å²) >= 11 is 4.81. The quantitative estimate of drug-likeness (QED) is 0.334. The fourth-order valence-electron chi connectivity index (χ4n) is 3.37. The summed E-state index contributed by atoms with van der Waals surface area (Å²) in [6.07, 6.45) is 0. The second-order valence-corrected chi connectivity index (χ2v) is 9.15. The molecule has 2 heterocycles. The van der Waals surface area contributed by atoms with Crippen LogP contribution in [0.1, 0.15) is 31.2 Å². The van der Waals surface area contributed by atoms with Gasteiger partial charge in [-0.2, -0.15) is 0 Å². The van der Waals surface area contributed by atoms with Crippen LogP contribution in [0, 0.1) is 13.8 Å². The molecule has 156 valence electrons. The molecule has 0 aliphatic heterocycles. The van der Waals surface area contributed by atoms with Crippen molar-refractivity contribution in [1.82, 2.24) is 4.98 Å². The van der Waals surface area contributed by atoms with Crippen molar-refractivity contribution in [3.05, 3.63) is 80.6 Å². The molecule has 0 fully saturated rings. The summed E-state index contributed by atoms with van der Waals surface area (Å²) in [7, 11) is 1.33. The number of carbonyl (C=O) groups is 2. The monoisotopic (exact) mass is 494 g/mol. The fourth-order valence-corrected chi connectivity index (χ4v) is 4.67. The third kappa shape index (κ3) is 4.11. The van der Waals surface area contributed by atoms with Crippen LogP contribution >= 0.6 is 27.3 Å². The van der Waals surface area contributed by atoms with Crippen LogP contribution < -0.4 is 5.32 Å². The fraction of sp³-hybridized carbons (Fsp3) is 0.125. The number of halogens is 1. The molecule has 0 unspecified atom stereocenters. The Morgan fingerprint density at radius 1 is 1.06 bits per heavy atom. The lowest BCUT2D eigenvalue weighted by molar-refractivity contribution is 0.0601. The number of rotatable bonds is 4. The maximum Gasteiger partial charge on any atom is 0.341 e. The third-order valence-corrected chi connectivity index (χ3v) is 6.75. The first-order valence-electron chi connectivity index (χ1n) is 9.54. The summed E-state index contributed by atoms with van der Waals surface area (Å²) in [6, 6.07) is 17.1. The molecule has 0 saturated carbocycles. The van der Waals surface area contributed by atoms with Crippen LogP contribution in [0.2, 0.25) is 0 Å². The molecule has 0 aliphatic rings. The van der Waals surface area contributed by atoms with E-state index in [1.165, 1.54) is 18.4 Å². The van der Waals surface area contributed by atoms with Gasteiger partial charge in [-0.25, -0.2) is 9.78 Å². The van der Waals surface area contributed by atoms with E-state index in [2.05, 4.69) is 21.2 Å². The van der Waals surface area contributed by atoms with E-state index in [0.29, 0.717) is 21.8 Å². The molecule has 4 rings (SSSR count). The van der Waals surface area contributed by atoms with Crippen molar-refractivity contribution in [3.8, 4) is 11.3 Å². The van der Waals surface area contributed by atoms with Crippen molar-refractivity contribution in [2.45, 2.75) is 13.8 Å². The zero-order chi connectivity index (χ0) is 22.1. The first-order valence-corrected chi connectivity index (χ1v) is 11.2. The van der Waals surface area contributed by atoms with E-state index >= 15 is 0 Å². The lowest BCUT2D eigenvalue weighted by atomic mass is 10.0. The lowest BCUT2D eigenvalue weighted by Crippen LogP contribution is -2.15. The Kier molecular flexibility index (Phi) is 5.89. The maximum absolute atomic E-state index is 13.4. The number of fused-ring (bicyclic) bond motifs is 1. The van der Waals surface area contributed by atoms with Gasteiger partial charge >= 0.3 is 5.97 Å². The summed E-state index contributed by atoms with van der Waals surface area (Å²) in [5, 5.41) is 4.15. The van der Waals surface area contributed by atoms with Crippen molar-refractivity contribution in [3.63, 3.8) is 0 Å². The van der Waals surface area contributed by atoms with Gasteiger partial charge < -0.3 is 10.1 Å². The number of esters is 1. The number of amides is 1. The number of nitrogens with one attached hydrogen (secondary N) is 1. The number of aromatic nitrogens is 1. The number of carbonyl (C=O) groups excluding carboxylic acids is 2. The van der Waals surface area contributed by atoms with Gasteiger partial charge in [-0.05, 0) is 43.7 Å².